The summed E-state index contributed by atoms with van der Waals surface area (Å²) >= 11 is 1.56. The summed E-state index contributed by atoms with van der Waals surface area (Å²) in [7, 11) is 0. The van der Waals surface area contributed by atoms with Crippen molar-refractivity contribution >= 4 is 22.2 Å². The molecule has 0 bridgehead atoms. The summed E-state index contributed by atoms with van der Waals surface area (Å²) in [5.74, 6) is 0.237. The van der Waals surface area contributed by atoms with E-state index in [1.807, 2.05) is 12.1 Å². The second-order valence-corrected chi connectivity index (χ2v) is 8.33. The number of ether oxygens (including phenoxy) is 1. The summed E-state index contributed by atoms with van der Waals surface area (Å²) in [5, 5.41) is 13.9. The predicted octanol–water partition coefficient (Wildman–Crippen LogP) is 4.34. The Balaban J connectivity index is 1.78. The predicted molar refractivity (Wildman–Crippen MR) is 113 cm³/mol. The van der Waals surface area contributed by atoms with E-state index in [-0.39, 0.29) is 23.5 Å². The maximum atomic E-state index is 12.7. The lowest BCUT2D eigenvalue weighted by molar-refractivity contribution is 0.0240. The Morgan fingerprint density at radius 2 is 2.00 bits per heavy atom. The summed E-state index contributed by atoms with van der Waals surface area (Å²) in [6.45, 7) is 7.02. The highest BCUT2D eigenvalue weighted by molar-refractivity contribution is 7.16. The van der Waals surface area contributed by atoms with Crippen LogP contribution in [0.1, 0.15) is 38.2 Å². The van der Waals surface area contributed by atoms with Gasteiger partial charge in [0.15, 0.2) is 5.76 Å². The Kier molecular flexibility index (Phi) is 5.71. The molecule has 29 heavy (non-hydrogen) atoms. The molecule has 4 rings (SSSR count). The van der Waals surface area contributed by atoms with E-state index in [2.05, 4.69) is 24.1 Å². The number of hydrogen-bond donors (Lipinski definition) is 2. The summed E-state index contributed by atoms with van der Waals surface area (Å²) in [6, 6.07) is 10.6. The molecule has 152 valence electrons. The van der Waals surface area contributed by atoms with Gasteiger partial charge in [0.25, 0.3) is 5.91 Å². The molecule has 0 radical (unpaired) electrons. The molecule has 1 aliphatic rings. The first-order chi connectivity index (χ1) is 14.0. The zero-order chi connectivity index (χ0) is 20.4. The van der Waals surface area contributed by atoms with E-state index < -0.39 is 0 Å². The number of amides is 1. The van der Waals surface area contributed by atoms with Crippen molar-refractivity contribution < 1.29 is 19.1 Å². The smallest absolute Gasteiger partial charge is 0.291 e. The number of aromatic hydroxyl groups is 1. The van der Waals surface area contributed by atoms with Gasteiger partial charge in [-0.15, -0.1) is 11.3 Å². The van der Waals surface area contributed by atoms with E-state index in [9.17, 15) is 9.90 Å². The van der Waals surface area contributed by atoms with Gasteiger partial charge < -0.3 is 19.6 Å². The molecular formula is C22H24N2O4S. The fourth-order valence-corrected chi connectivity index (χ4v) is 4.82. The molecule has 1 fully saturated rings. The minimum absolute atomic E-state index is 0.0946. The summed E-state index contributed by atoms with van der Waals surface area (Å²) in [6.07, 6.45) is 1.49. The number of carbonyl (C=O) groups excluding carboxylic acids is 1. The lowest BCUT2D eigenvalue weighted by Crippen LogP contribution is -2.39. The molecule has 0 unspecified atom stereocenters. The van der Waals surface area contributed by atoms with Gasteiger partial charge in [-0.2, -0.15) is 0 Å². The molecule has 0 spiro atoms. The Morgan fingerprint density at radius 1 is 1.21 bits per heavy atom. The fourth-order valence-electron chi connectivity index (χ4n) is 3.73. The number of thiophene rings is 1. The Bertz CT molecular complexity index is 990. The summed E-state index contributed by atoms with van der Waals surface area (Å²) < 4.78 is 10.8. The number of nitrogens with one attached hydrogen (secondary N) is 1. The van der Waals surface area contributed by atoms with Crippen molar-refractivity contribution in [3.8, 4) is 5.75 Å². The minimum Gasteiger partial charge on any atom is -0.508 e. The highest BCUT2D eigenvalue weighted by Gasteiger charge is 2.31. The van der Waals surface area contributed by atoms with Crippen LogP contribution < -0.4 is 5.32 Å². The van der Waals surface area contributed by atoms with Crippen molar-refractivity contribution in [1.29, 1.82) is 0 Å². The number of aryl methyl sites for hydroxylation is 1. The number of rotatable bonds is 5. The molecule has 0 saturated carbocycles. The Hall–Kier alpha value is -2.61. The van der Waals surface area contributed by atoms with Gasteiger partial charge in [0.1, 0.15) is 10.8 Å². The first-order valence-corrected chi connectivity index (χ1v) is 10.4. The number of carbonyl (C=O) groups is 1. The van der Waals surface area contributed by atoms with Gasteiger partial charge in [0, 0.05) is 23.5 Å². The van der Waals surface area contributed by atoms with E-state index in [1.54, 1.807) is 35.6 Å². The molecule has 7 heteroatoms. The molecule has 2 aromatic heterocycles. The van der Waals surface area contributed by atoms with E-state index in [1.165, 1.54) is 6.26 Å². The average Bonchev–Trinajstić information content (AvgIpc) is 3.34. The number of phenolic OH excluding ortho intramolecular Hbond substituents is 1. The van der Waals surface area contributed by atoms with E-state index in [0.717, 1.165) is 39.7 Å². The molecule has 6 nitrogen and oxygen atoms in total. The molecule has 1 amide bonds. The number of nitrogens with zero attached hydrogens (tertiary/aromatic N) is 1. The minimum atomic E-state index is -0.269. The van der Waals surface area contributed by atoms with Crippen LogP contribution in [0.4, 0.5) is 5.00 Å². The maximum absolute atomic E-state index is 12.7. The first kappa shape index (κ1) is 19.7. The van der Waals surface area contributed by atoms with E-state index in [0.29, 0.717) is 13.2 Å². The maximum Gasteiger partial charge on any atom is 0.291 e. The zero-order valence-electron chi connectivity index (χ0n) is 16.5. The van der Waals surface area contributed by atoms with E-state index >= 15 is 0 Å². The average molecular weight is 413 g/mol. The number of morpholine rings is 1. The molecule has 1 atom stereocenters. The molecular weight excluding hydrogens is 388 g/mol. The lowest BCUT2D eigenvalue weighted by atomic mass is 9.94. The molecule has 0 aliphatic carbocycles. The third-order valence-corrected chi connectivity index (χ3v) is 6.41. The van der Waals surface area contributed by atoms with Gasteiger partial charge in [-0.1, -0.05) is 12.1 Å². The summed E-state index contributed by atoms with van der Waals surface area (Å²) in [4.78, 5) is 16.2. The molecule has 1 aromatic carbocycles. The van der Waals surface area contributed by atoms with Gasteiger partial charge >= 0.3 is 0 Å². The Morgan fingerprint density at radius 3 is 2.69 bits per heavy atom. The van der Waals surface area contributed by atoms with Crippen LogP contribution in [0.2, 0.25) is 0 Å². The number of hydrogen-bond acceptors (Lipinski definition) is 6. The van der Waals surface area contributed by atoms with Crippen LogP contribution in [0, 0.1) is 13.8 Å². The normalized spacial score (nSPS) is 15.9. The van der Waals surface area contributed by atoms with Gasteiger partial charge in [0.05, 0.1) is 25.5 Å². The zero-order valence-corrected chi connectivity index (χ0v) is 17.3. The van der Waals surface area contributed by atoms with Crippen molar-refractivity contribution in [2.24, 2.45) is 0 Å². The standard InChI is InChI=1S/C22H24N2O4S/c1-14-15(2)29-22(23-21(26)18-7-4-10-28-18)19(14)20(24-8-11-27-12-9-24)16-5-3-6-17(25)13-16/h3-7,10,13,20,25H,8-9,11-12H2,1-2H3,(H,23,26)/t20-/m1/s1. The molecule has 1 aliphatic heterocycles. The number of anilines is 1. The Labute approximate surface area is 173 Å². The molecule has 3 heterocycles. The molecule has 1 saturated heterocycles. The van der Waals surface area contributed by atoms with Crippen LogP contribution in [-0.2, 0) is 4.74 Å². The first-order valence-electron chi connectivity index (χ1n) is 9.60. The number of phenols is 1. The van der Waals surface area contributed by atoms with Crippen LogP contribution in [0.3, 0.4) is 0 Å². The van der Waals surface area contributed by atoms with Gasteiger partial charge in [-0.05, 0) is 49.2 Å². The van der Waals surface area contributed by atoms with Crippen LogP contribution >= 0.6 is 11.3 Å². The topological polar surface area (TPSA) is 74.9 Å². The molecule has 2 N–H and O–H groups in total. The highest BCUT2D eigenvalue weighted by atomic mass is 32.1. The van der Waals surface area contributed by atoms with Crippen LogP contribution in [0.5, 0.6) is 5.75 Å². The molecule has 3 aromatic rings. The van der Waals surface area contributed by atoms with Crippen LogP contribution in [0.25, 0.3) is 0 Å². The summed E-state index contributed by atoms with van der Waals surface area (Å²) in [5.41, 5.74) is 3.19. The SMILES string of the molecule is Cc1sc(NC(=O)c2ccco2)c([C@@H](c2cccc(O)c2)N2CCOCC2)c1C. The van der Waals surface area contributed by atoms with Gasteiger partial charge in [-0.3, -0.25) is 9.69 Å². The quantitative estimate of drug-likeness (QED) is 0.652. The third-order valence-electron chi connectivity index (χ3n) is 5.27. The third kappa shape index (κ3) is 4.07. The van der Waals surface area contributed by atoms with Crippen molar-refractivity contribution in [3.05, 3.63) is 70.0 Å². The van der Waals surface area contributed by atoms with Crippen molar-refractivity contribution in [3.63, 3.8) is 0 Å². The monoisotopic (exact) mass is 412 g/mol. The lowest BCUT2D eigenvalue weighted by Gasteiger charge is -2.35. The largest absolute Gasteiger partial charge is 0.508 e. The van der Waals surface area contributed by atoms with Crippen molar-refractivity contribution in [2.75, 3.05) is 31.6 Å². The van der Waals surface area contributed by atoms with E-state index in [4.69, 9.17) is 9.15 Å². The number of furan rings is 1. The van der Waals surface area contributed by atoms with Gasteiger partial charge in [0.2, 0.25) is 0 Å². The van der Waals surface area contributed by atoms with Crippen molar-refractivity contribution in [1.82, 2.24) is 4.90 Å². The highest BCUT2D eigenvalue weighted by Crippen LogP contribution is 2.43. The number of benzene rings is 1. The van der Waals surface area contributed by atoms with Crippen LogP contribution in [0.15, 0.2) is 47.1 Å². The van der Waals surface area contributed by atoms with Crippen LogP contribution in [-0.4, -0.2) is 42.2 Å². The fraction of sp³-hybridized carbons (Fsp3) is 0.318. The van der Waals surface area contributed by atoms with Gasteiger partial charge in [-0.25, -0.2) is 0 Å². The second-order valence-electron chi connectivity index (χ2n) is 7.10. The van der Waals surface area contributed by atoms with Crippen molar-refractivity contribution in [2.45, 2.75) is 19.9 Å². The second kappa shape index (κ2) is 8.41.